The summed E-state index contributed by atoms with van der Waals surface area (Å²) in [4.78, 5) is 10.2. The van der Waals surface area contributed by atoms with E-state index in [1.807, 2.05) is 0 Å². The molecular formula is C8H14O4S. The highest BCUT2D eigenvalue weighted by atomic mass is 32.2. The first-order valence-corrected chi connectivity index (χ1v) is 6.24. The molecular weight excluding hydrogens is 192 g/mol. The molecule has 13 heavy (non-hydrogen) atoms. The summed E-state index contributed by atoms with van der Waals surface area (Å²) in [5.74, 6) is -0.782. The Kier molecular flexibility index (Phi) is 3.30. The van der Waals surface area contributed by atoms with Crippen LogP contribution in [0, 0.1) is 5.92 Å². The molecule has 5 heteroatoms. The minimum Gasteiger partial charge on any atom is -0.481 e. The third kappa shape index (κ3) is 3.76. The van der Waals surface area contributed by atoms with Crippen molar-refractivity contribution in [2.45, 2.75) is 25.7 Å². The van der Waals surface area contributed by atoms with Gasteiger partial charge in [-0.25, -0.2) is 8.42 Å². The van der Waals surface area contributed by atoms with Gasteiger partial charge in [0, 0.05) is 0 Å². The van der Waals surface area contributed by atoms with E-state index in [9.17, 15) is 13.2 Å². The molecule has 1 aliphatic carbocycles. The number of aliphatic carboxylic acids is 1. The van der Waals surface area contributed by atoms with Crippen LogP contribution in [0.1, 0.15) is 25.7 Å². The molecule has 1 fully saturated rings. The highest BCUT2D eigenvalue weighted by Gasteiger charge is 2.24. The highest BCUT2D eigenvalue weighted by Crippen LogP contribution is 2.27. The minimum absolute atomic E-state index is 0.181. The fourth-order valence-corrected chi connectivity index (χ4v) is 3.05. The van der Waals surface area contributed by atoms with E-state index in [4.69, 9.17) is 5.11 Å². The summed E-state index contributed by atoms with van der Waals surface area (Å²) >= 11 is 0. The summed E-state index contributed by atoms with van der Waals surface area (Å²) in [6.07, 6.45) is 2.80. The maximum atomic E-state index is 11.3. The third-order valence-corrected chi connectivity index (χ3v) is 4.15. The second-order valence-electron chi connectivity index (χ2n) is 3.56. The number of carbonyl (C=O) groups is 1. The van der Waals surface area contributed by atoms with Crippen molar-refractivity contribution < 1.29 is 18.3 Å². The molecule has 1 N–H and O–H groups in total. The van der Waals surface area contributed by atoms with Gasteiger partial charge in [-0.15, -0.1) is 0 Å². The van der Waals surface area contributed by atoms with E-state index in [-0.39, 0.29) is 17.9 Å². The van der Waals surface area contributed by atoms with Crippen LogP contribution in [0.2, 0.25) is 0 Å². The first kappa shape index (κ1) is 10.5. The van der Waals surface area contributed by atoms with E-state index >= 15 is 0 Å². The van der Waals surface area contributed by atoms with Gasteiger partial charge >= 0.3 is 5.97 Å². The SMILES string of the molecule is O=C(O)CCS(=O)(=O)CC1CCC1. The van der Waals surface area contributed by atoms with Crippen molar-refractivity contribution in [1.29, 1.82) is 0 Å². The third-order valence-electron chi connectivity index (χ3n) is 2.34. The molecule has 0 saturated heterocycles. The lowest BCUT2D eigenvalue weighted by atomic mass is 9.87. The molecule has 1 aliphatic rings. The number of sulfone groups is 1. The van der Waals surface area contributed by atoms with Gasteiger partial charge in [-0.1, -0.05) is 6.42 Å². The van der Waals surface area contributed by atoms with Crippen LogP contribution in [0.4, 0.5) is 0 Å². The Labute approximate surface area is 77.9 Å². The molecule has 0 heterocycles. The Hall–Kier alpha value is -0.580. The van der Waals surface area contributed by atoms with Gasteiger partial charge in [0.15, 0.2) is 9.84 Å². The Balaban J connectivity index is 2.32. The van der Waals surface area contributed by atoms with Crippen LogP contribution in [0.15, 0.2) is 0 Å². The van der Waals surface area contributed by atoms with Crippen molar-refractivity contribution in [3.63, 3.8) is 0 Å². The Morgan fingerprint density at radius 2 is 2.00 bits per heavy atom. The number of carboxylic acids is 1. The molecule has 76 valence electrons. The monoisotopic (exact) mass is 206 g/mol. The van der Waals surface area contributed by atoms with Gasteiger partial charge in [0.2, 0.25) is 0 Å². The Bertz CT molecular complexity index is 277. The predicted octanol–water partition coefficient (Wildman–Crippen LogP) is 0.676. The Morgan fingerprint density at radius 3 is 2.38 bits per heavy atom. The topological polar surface area (TPSA) is 71.4 Å². The van der Waals surface area contributed by atoms with Crippen LogP contribution in [0.3, 0.4) is 0 Å². The second-order valence-corrected chi connectivity index (χ2v) is 5.78. The van der Waals surface area contributed by atoms with Gasteiger partial charge in [-0.05, 0) is 18.8 Å². The van der Waals surface area contributed by atoms with Crippen LogP contribution in [0.5, 0.6) is 0 Å². The standard InChI is InChI=1S/C8H14O4S/c9-8(10)4-5-13(11,12)6-7-2-1-3-7/h7H,1-6H2,(H,9,10). The molecule has 0 amide bonds. The summed E-state index contributed by atoms with van der Waals surface area (Å²) in [6.45, 7) is 0. The van der Waals surface area contributed by atoms with Crippen LogP contribution < -0.4 is 0 Å². The molecule has 0 unspecified atom stereocenters. The zero-order chi connectivity index (χ0) is 9.90. The number of rotatable bonds is 5. The van der Waals surface area contributed by atoms with Gasteiger partial charge in [-0.3, -0.25) is 4.79 Å². The lowest BCUT2D eigenvalue weighted by molar-refractivity contribution is -0.136. The smallest absolute Gasteiger partial charge is 0.304 e. The average Bonchev–Trinajstić information content (AvgIpc) is 1.94. The van der Waals surface area contributed by atoms with Crippen LogP contribution >= 0.6 is 0 Å². The first-order valence-electron chi connectivity index (χ1n) is 4.42. The molecule has 0 radical (unpaired) electrons. The lowest BCUT2D eigenvalue weighted by Crippen LogP contribution is -2.24. The van der Waals surface area contributed by atoms with Crippen LogP contribution in [-0.2, 0) is 14.6 Å². The molecule has 0 spiro atoms. The normalized spacial score (nSPS) is 18.2. The molecule has 1 saturated carbocycles. The van der Waals surface area contributed by atoms with E-state index in [1.54, 1.807) is 0 Å². The molecule has 0 aliphatic heterocycles. The van der Waals surface area contributed by atoms with Crippen molar-refractivity contribution in [1.82, 2.24) is 0 Å². The fraction of sp³-hybridized carbons (Fsp3) is 0.875. The van der Waals surface area contributed by atoms with Gasteiger partial charge in [0.25, 0.3) is 0 Å². The zero-order valence-electron chi connectivity index (χ0n) is 7.40. The zero-order valence-corrected chi connectivity index (χ0v) is 8.22. The van der Waals surface area contributed by atoms with Crippen molar-refractivity contribution in [3.8, 4) is 0 Å². The predicted molar refractivity (Wildman–Crippen MR) is 48.2 cm³/mol. The van der Waals surface area contributed by atoms with E-state index in [2.05, 4.69) is 0 Å². The summed E-state index contributed by atoms with van der Waals surface area (Å²) in [6, 6.07) is 0. The molecule has 0 aromatic heterocycles. The molecule has 0 aromatic rings. The number of hydrogen-bond donors (Lipinski definition) is 1. The average molecular weight is 206 g/mol. The van der Waals surface area contributed by atoms with Gasteiger partial charge < -0.3 is 5.11 Å². The number of hydrogen-bond acceptors (Lipinski definition) is 3. The van der Waals surface area contributed by atoms with E-state index in [0.29, 0.717) is 5.92 Å². The van der Waals surface area contributed by atoms with Gasteiger partial charge in [-0.2, -0.15) is 0 Å². The van der Waals surface area contributed by atoms with Gasteiger partial charge in [0.05, 0.1) is 17.9 Å². The number of carboxylic acid groups (broad SMARTS) is 1. The van der Waals surface area contributed by atoms with Crippen molar-refractivity contribution in [2.75, 3.05) is 11.5 Å². The van der Waals surface area contributed by atoms with Crippen molar-refractivity contribution in [2.24, 2.45) is 5.92 Å². The maximum absolute atomic E-state index is 11.3. The van der Waals surface area contributed by atoms with Crippen molar-refractivity contribution in [3.05, 3.63) is 0 Å². The molecule has 0 aromatic carbocycles. The molecule has 0 bridgehead atoms. The quantitative estimate of drug-likeness (QED) is 0.718. The van der Waals surface area contributed by atoms with E-state index in [0.717, 1.165) is 19.3 Å². The minimum atomic E-state index is -3.12. The largest absolute Gasteiger partial charge is 0.481 e. The molecule has 0 atom stereocenters. The van der Waals surface area contributed by atoms with Crippen molar-refractivity contribution >= 4 is 15.8 Å². The lowest BCUT2D eigenvalue weighted by Gasteiger charge is -2.24. The Morgan fingerprint density at radius 1 is 1.38 bits per heavy atom. The second kappa shape index (κ2) is 4.09. The maximum Gasteiger partial charge on any atom is 0.304 e. The highest BCUT2D eigenvalue weighted by molar-refractivity contribution is 7.91. The van der Waals surface area contributed by atoms with Crippen LogP contribution in [-0.4, -0.2) is 31.0 Å². The summed E-state index contributed by atoms with van der Waals surface area (Å²) in [5, 5.41) is 8.32. The van der Waals surface area contributed by atoms with Gasteiger partial charge in [0.1, 0.15) is 0 Å². The van der Waals surface area contributed by atoms with E-state index in [1.165, 1.54) is 0 Å². The summed E-state index contributed by atoms with van der Waals surface area (Å²) in [7, 11) is -3.12. The molecule has 1 rings (SSSR count). The van der Waals surface area contributed by atoms with Crippen LogP contribution in [0.25, 0.3) is 0 Å². The first-order chi connectivity index (χ1) is 5.99. The summed E-state index contributed by atoms with van der Waals surface area (Å²) < 4.78 is 22.5. The van der Waals surface area contributed by atoms with E-state index < -0.39 is 15.8 Å². The molecule has 4 nitrogen and oxygen atoms in total. The summed E-state index contributed by atoms with van der Waals surface area (Å²) in [5.41, 5.74) is 0. The fourth-order valence-electron chi connectivity index (χ4n) is 1.34.